The van der Waals surface area contributed by atoms with Gasteiger partial charge in [-0.05, 0) is 43.7 Å². The van der Waals surface area contributed by atoms with Crippen LogP contribution in [0.5, 0.6) is 11.5 Å². The lowest BCUT2D eigenvalue weighted by molar-refractivity contribution is 0.0464. The van der Waals surface area contributed by atoms with E-state index in [0.29, 0.717) is 18.2 Å². The molecule has 0 bridgehead atoms. The summed E-state index contributed by atoms with van der Waals surface area (Å²) >= 11 is 0. The molecule has 2 aromatic carbocycles. The summed E-state index contributed by atoms with van der Waals surface area (Å²) in [6, 6.07) is 13.0. The van der Waals surface area contributed by atoms with Crippen molar-refractivity contribution in [2.24, 2.45) is 0 Å². The number of hydrogen-bond acceptors (Lipinski definition) is 4. The highest BCUT2D eigenvalue weighted by atomic mass is 19.1. The molecule has 1 fully saturated rings. The minimum absolute atomic E-state index is 0.0345. The van der Waals surface area contributed by atoms with Crippen molar-refractivity contribution in [3.05, 3.63) is 54.6 Å². The smallest absolute Gasteiger partial charge is 0.161 e. The average Bonchev–Trinajstić information content (AvgIpc) is 3.11. The van der Waals surface area contributed by atoms with Crippen LogP contribution in [0.2, 0.25) is 0 Å². The van der Waals surface area contributed by atoms with Gasteiger partial charge in [-0.25, -0.2) is 9.37 Å². The summed E-state index contributed by atoms with van der Waals surface area (Å²) in [6.45, 7) is 3.40. The largest absolute Gasteiger partial charge is 0.486 e. The number of para-hydroxylation sites is 2. The van der Waals surface area contributed by atoms with Crippen LogP contribution in [0.3, 0.4) is 0 Å². The Morgan fingerprint density at radius 1 is 1.15 bits per heavy atom. The number of piperidine rings is 1. The molecule has 3 heterocycles. The van der Waals surface area contributed by atoms with E-state index in [1.807, 2.05) is 36.7 Å². The highest BCUT2D eigenvalue weighted by molar-refractivity contribution is 5.75. The lowest BCUT2D eigenvalue weighted by Gasteiger charge is -2.36. The Kier molecular flexibility index (Phi) is 4.20. The predicted octanol–water partition coefficient (Wildman–Crippen LogP) is 3.65. The minimum Gasteiger partial charge on any atom is -0.486 e. The van der Waals surface area contributed by atoms with Gasteiger partial charge in [-0.3, -0.25) is 4.90 Å². The highest BCUT2D eigenvalue weighted by Crippen LogP contribution is 2.32. The molecule has 2 aliphatic rings. The second-order valence-electron chi connectivity index (χ2n) is 7.34. The van der Waals surface area contributed by atoms with E-state index in [1.54, 1.807) is 0 Å². The zero-order chi connectivity index (χ0) is 18.2. The molecule has 5 nitrogen and oxygen atoms in total. The topological polar surface area (TPSA) is 39.5 Å². The molecule has 140 valence electrons. The molecule has 0 spiro atoms. The summed E-state index contributed by atoms with van der Waals surface area (Å²) in [5.41, 5.74) is 1.71. The maximum Gasteiger partial charge on any atom is 0.161 e. The van der Waals surface area contributed by atoms with Gasteiger partial charge >= 0.3 is 0 Å². The van der Waals surface area contributed by atoms with E-state index in [1.165, 1.54) is 12.1 Å². The standard InChI is InChI=1S/C21H22FN3O2/c22-15-7-8-19-18(10-15)23-14-25(19)16-4-3-9-24(11-16)12-17-13-26-20-5-1-2-6-21(20)27-17/h1-2,5-8,10,14,16-17H,3-4,9,11-13H2. The van der Waals surface area contributed by atoms with Gasteiger partial charge in [0.25, 0.3) is 0 Å². The van der Waals surface area contributed by atoms with E-state index < -0.39 is 0 Å². The predicted molar refractivity (Wildman–Crippen MR) is 101 cm³/mol. The molecule has 1 aromatic heterocycles. The molecule has 6 heteroatoms. The number of imidazole rings is 1. The van der Waals surface area contributed by atoms with E-state index in [-0.39, 0.29) is 11.9 Å². The van der Waals surface area contributed by atoms with Crippen molar-refractivity contribution in [1.29, 1.82) is 0 Å². The van der Waals surface area contributed by atoms with Gasteiger partial charge in [0.15, 0.2) is 11.5 Å². The Labute approximate surface area is 157 Å². The second kappa shape index (κ2) is 6.85. The first-order chi connectivity index (χ1) is 13.3. The summed E-state index contributed by atoms with van der Waals surface area (Å²) in [4.78, 5) is 6.82. The van der Waals surface area contributed by atoms with Crippen LogP contribution in [0, 0.1) is 5.82 Å². The first-order valence-corrected chi connectivity index (χ1v) is 9.49. The van der Waals surface area contributed by atoms with E-state index in [9.17, 15) is 4.39 Å². The number of benzene rings is 2. The molecule has 0 amide bonds. The molecular formula is C21H22FN3O2. The molecule has 2 unspecified atom stereocenters. The number of fused-ring (bicyclic) bond motifs is 2. The SMILES string of the molecule is Fc1ccc2c(c1)ncn2C1CCCN(CC2COc3ccccc3O2)C1. The summed E-state index contributed by atoms with van der Waals surface area (Å²) in [6.07, 6.45) is 4.10. The summed E-state index contributed by atoms with van der Waals surface area (Å²) in [5, 5.41) is 0. The number of nitrogens with zero attached hydrogens (tertiary/aromatic N) is 3. The van der Waals surface area contributed by atoms with Gasteiger partial charge in [0.05, 0.1) is 17.4 Å². The Bertz CT molecular complexity index is 958. The maximum absolute atomic E-state index is 13.4. The normalized spacial score (nSPS) is 22.9. The molecule has 0 N–H and O–H groups in total. The van der Waals surface area contributed by atoms with Crippen LogP contribution in [0.15, 0.2) is 48.8 Å². The van der Waals surface area contributed by atoms with Crippen LogP contribution < -0.4 is 9.47 Å². The van der Waals surface area contributed by atoms with Crippen LogP contribution in [0.25, 0.3) is 11.0 Å². The lowest BCUT2D eigenvalue weighted by Crippen LogP contribution is -2.45. The number of rotatable bonds is 3. The Hall–Kier alpha value is -2.60. The van der Waals surface area contributed by atoms with E-state index in [0.717, 1.165) is 49.5 Å². The third kappa shape index (κ3) is 3.25. The number of halogens is 1. The zero-order valence-corrected chi connectivity index (χ0v) is 15.1. The molecule has 0 aliphatic carbocycles. The number of hydrogen-bond donors (Lipinski definition) is 0. The van der Waals surface area contributed by atoms with Gasteiger partial charge in [-0.2, -0.15) is 0 Å². The van der Waals surface area contributed by atoms with Crippen LogP contribution in [-0.4, -0.2) is 46.8 Å². The van der Waals surface area contributed by atoms with Crippen molar-refractivity contribution in [2.75, 3.05) is 26.2 Å². The maximum atomic E-state index is 13.4. The van der Waals surface area contributed by atoms with Gasteiger partial charge in [-0.15, -0.1) is 0 Å². The van der Waals surface area contributed by atoms with Crippen molar-refractivity contribution >= 4 is 11.0 Å². The number of aromatic nitrogens is 2. The van der Waals surface area contributed by atoms with Gasteiger partial charge in [0, 0.05) is 25.2 Å². The Balaban J connectivity index is 1.28. The van der Waals surface area contributed by atoms with Crippen molar-refractivity contribution < 1.29 is 13.9 Å². The molecule has 27 heavy (non-hydrogen) atoms. The molecule has 2 atom stereocenters. The first kappa shape index (κ1) is 16.6. The summed E-state index contributed by atoms with van der Waals surface area (Å²) in [7, 11) is 0. The number of ether oxygens (including phenoxy) is 2. The summed E-state index contributed by atoms with van der Waals surface area (Å²) < 4.78 is 27.6. The van der Waals surface area contributed by atoms with E-state index in [4.69, 9.17) is 9.47 Å². The van der Waals surface area contributed by atoms with Crippen LogP contribution >= 0.6 is 0 Å². The van der Waals surface area contributed by atoms with Gasteiger partial charge in [0.1, 0.15) is 18.5 Å². The fraction of sp³-hybridized carbons (Fsp3) is 0.381. The molecule has 3 aromatic rings. The summed E-state index contributed by atoms with van der Waals surface area (Å²) in [5.74, 6) is 1.40. The van der Waals surface area contributed by atoms with Crippen molar-refractivity contribution in [3.63, 3.8) is 0 Å². The molecule has 0 saturated carbocycles. The van der Waals surface area contributed by atoms with E-state index in [2.05, 4.69) is 14.5 Å². The third-order valence-electron chi connectivity index (χ3n) is 5.44. The van der Waals surface area contributed by atoms with Crippen molar-refractivity contribution in [1.82, 2.24) is 14.5 Å². The molecule has 5 rings (SSSR count). The molecule has 2 aliphatic heterocycles. The molecule has 1 saturated heterocycles. The van der Waals surface area contributed by atoms with Crippen molar-refractivity contribution in [3.8, 4) is 11.5 Å². The van der Waals surface area contributed by atoms with Crippen molar-refractivity contribution in [2.45, 2.75) is 25.0 Å². The molecule has 0 radical (unpaired) electrons. The van der Waals surface area contributed by atoms with E-state index >= 15 is 0 Å². The Morgan fingerprint density at radius 2 is 2.04 bits per heavy atom. The van der Waals surface area contributed by atoms with Gasteiger partial charge in [0.2, 0.25) is 0 Å². The Morgan fingerprint density at radius 3 is 2.96 bits per heavy atom. The quantitative estimate of drug-likeness (QED) is 0.708. The second-order valence-corrected chi connectivity index (χ2v) is 7.34. The highest BCUT2D eigenvalue weighted by Gasteiger charge is 2.27. The van der Waals surface area contributed by atoms with Gasteiger partial charge < -0.3 is 14.0 Å². The molecular weight excluding hydrogens is 345 g/mol. The van der Waals surface area contributed by atoms with Crippen LogP contribution in [0.1, 0.15) is 18.9 Å². The fourth-order valence-electron chi connectivity index (χ4n) is 4.16. The van der Waals surface area contributed by atoms with Gasteiger partial charge in [-0.1, -0.05) is 12.1 Å². The average molecular weight is 367 g/mol. The van der Waals surface area contributed by atoms with Crippen LogP contribution in [-0.2, 0) is 0 Å². The number of likely N-dealkylation sites (tertiary alicyclic amines) is 1. The monoisotopic (exact) mass is 367 g/mol. The lowest BCUT2D eigenvalue weighted by atomic mass is 10.0. The van der Waals surface area contributed by atoms with Crippen LogP contribution in [0.4, 0.5) is 4.39 Å². The third-order valence-corrected chi connectivity index (χ3v) is 5.44. The fourth-order valence-corrected chi connectivity index (χ4v) is 4.16. The minimum atomic E-state index is -0.243. The zero-order valence-electron chi connectivity index (χ0n) is 15.1. The first-order valence-electron chi connectivity index (χ1n) is 9.49.